The third-order valence-electron chi connectivity index (χ3n) is 1.55. The van der Waals surface area contributed by atoms with Crippen molar-refractivity contribution in [3.8, 4) is 0 Å². The van der Waals surface area contributed by atoms with Gasteiger partial charge in [0.05, 0.1) is 0 Å². The van der Waals surface area contributed by atoms with Crippen LogP contribution in [-0.2, 0) is 5.41 Å². The fourth-order valence-electron chi connectivity index (χ4n) is 0.994. The molecule has 0 radical (unpaired) electrons. The van der Waals surface area contributed by atoms with Crippen LogP contribution in [0.15, 0.2) is 24.3 Å². The van der Waals surface area contributed by atoms with Crippen molar-refractivity contribution < 1.29 is 12.3 Å². The van der Waals surface area contributed by atoms with E-state index >= 15 is 0 Å². The predicted octanol–water partition coefficient (Wildman–Crippen LogP) is 3.29. The largest absolute Gasteiger partial charge is 0.0620 e. The van der Waals surface area contributed by atoms with Crippen molar-refractivity contribution >= 4 is 0 Å². The summed E-state index contributed by atoms with van der Waals surface area (Å²) in [6, 6.07) is 5.82. The Hall–Kier alpha value is -0.780. The molecule has 0 amide bonds. The average molecular weight is 157 g/mol. The van der Waals surface area contributed by atoms with Gasteiger partial charge in [-0.05, 0) is 23.5 Å². The van der Waals surface area contributed by atoms with Crippen LogP contribution in [0.1, 0.15) is 44.0 Å². The Balaban J connectivity index is 3.88. The summed E-state index contributed by atoms with van der Waals surface area (Å²) in [6.07, 6.45) is 0. The van der Waals surface area contributed by atoms with E-state index in [2.05, 4.69) is 0 Å². The Morgan fingerprint density at radius 1 is 1.18 bits per heavy atom. The van der Waals surface area contributed by atoms with Crippen LogP contribution in [0.3, 0.4) is 0 Å². The van der Waals surface area contributed by atoms with Crippen LogP contribution >= 0.6 is 0 Å². The Kier molecular flexibility index (Phi) is 0.575. The zero-order valence-corrected chi connectivity index (χ0v) is 6.31. The standard InChI is InChI=1S/C11H16/c1-9-7-5-6-8-10(9)11(2,3)4/h5-8H,1-4H3/i2D3,3D3,4D3. The Morgan fingerprint density at radius 2 is 1.82 bits per heavy atom. The summed E-state index contributed by atoms with van der Waals surface area (Å²) in [5, 5.41) is 0. The molecule has 0 bridgehead atoms. The van der Waals surface area contributed by atoms with Crippen LogP contribution < -0.4 is 0 Å². The van der Waals surface area contributed by atoms with Crippen LogP contribution in [0, 0.1) is 6.92 Å². The van der Waals surface area contributed by atoms with Gasteiger partial charge in [-0.3, -0.25) is 0 Å². The molecule has 0 atom stereocenters. The van der Waals surface area contributed by atoms with Crippen LogP contribution in [0.25, 0.3) is 0 Å². The SMILES string of the molecule is [2H]C([2H])([2H])C(c1ccccc1C)(C([2H])([2H])[2H])C([2H])([2H])[2H]. The van der Waals surface area contributed by atoms with E-state index in [1.165, 1.54) is 25.1 Å². The van der Waals surface area contributed by atoms with Crippen LogP contribution in [0.2, 0.25) is 0 Å². The van der Waals surface area contributed by atoms with Gasteiger partial charge in [-0.1, -0.05) is 44.8 Å². The lowest BCUT2D eigenvalue weighted by molar-refractivity contribution is 0.586. The van der Waals surface area contributed by atoms with Gasteiger partial charge in [0, 0.05) is 12.3 Å². The van der Waals surface area contributed by atoms with Crippen molar-refractivity contribution in [3.05, 3.63) is 35.4 Å². The maximum absolute atomic E-state index is 7.60. The second-order valence-electron chi connectivity index (χ2n) is 2.56. The van der Waals surface area contributed by atoms with Gasteiger partial charge < -0.3 is 0 Å². The minimum atomic E-state index is -3.20. The average Bonchev–Trinajstić information content (AvgIpc) is 2.14. The summed E-state index contributed by atoms with van der Waals surface area (Å²) in [5.41, 5.74) is -2.76. The molecule has 1 aromatic carbocycles. The van der Waals surface area contributed by atoms with Crippen molar-refractivity contribution in [1.29, 1.82) is 0 Å². The number of benzene rings is 1. The minimum absolute atomic E-state index is 0.181. The zero-order valence-electron chi connectivity index (χ0n) is 15.3. The Morgan fingerprint density at radius 3 is 2.36 bits per heavy atom. The van der Waals surface area contributed by atoms with Gasteiger partial charge in [-0.25, -0.2) is 0 Å². The summed E-state index contributed by atoms with van der Waals surface area (Å²) in [4.78, 5) is 0. The zero-order chi connectivity index (χ0) is 16.0. The van der Waals surface area contributed by atoms with Gasteiger partial charge in [0.1, 0.15) is 0 Å². The van der Waals surface area contributed by atoms with Crippen molar-refractivity contribution in [2.45, 2.75) is 32.9 Å². The van der Waals surface area contributed by atoms with Gasteiger partial charge in [-0.15, -0.1) is 0 Å². The molecule has 0 fully saturated rings. The monoisotopic (exact) mass is 157 g/mol. The van der Waals surface area contributed by atoms with Crippen molar-refractivity contribution in [2.24, 2.45) is 0 Å². The highest BCUT2D eigenvalue weighted by atomic mass is 14.2. The van der Waals surface area contributed by atoms with Crippen molar-refractivity contribution in [3.63, 3.8) is 0 Å². The second kappa shape index (κ2) is 2.69. The summed E-state index contributed by atoms with van der Waals surface area (Å²) in [7, 11) is 0. The number of hydrogen-bond donors (Lipinski definition) is 0. The number of aryl methyl sites for hydroxylation is 1. The second-order valence-corrected chi connectivity index (χ2v) is 2.56. The normalized spacial score (nSPS) is 27.2. The van der Waals surface area contributed by atoms with E-state index in [9.17, 15) is 0 Å². The van der Waals surface area contributed by atoms with Gasteiger partial charge in [0.15, 0.2) is 0 Å². The lowest BCUT2D eigenvalue weighted by atomic mass is 9.84. The van der Waals surface area contributed by atoms with E-state index in [1.54, 1.807) is 6.07 Å². The smallest absolute Gasteiger partial charge is 0.0239 e. The molecule has 0 heterocycles. The number of rotatable bonds is 0. The van der Waals surface area contributed by atoms with E-state index in [0.29, 0.717) is 5.56 Å². The van der Waals surface area contributed by atoms with Crippen molar-refractivity contribution in [2.75, 3.05) is 0 Å². The minimum Gasteiger partial charge on any atom is -0.0620 e. The molecule has 0 saturated carbocycles. The van der Waals surface area contributed by atoms with Gasteiger partial charge in [0.25, 0.3) is 0 Å². The molecule has 0 N–H and O–H groups in total. The molecule has 60 valence electrons. The molecule has 1 aromatic rings. The van der Waals surface area contributed by atoms with E-state index < -0.39 is 26.0 Å². The predicted molar refractivity (Wildman–Crippen MR) is 49.9 cm³/mol. The highest BCUT2D eigenvalue weighted by Gasteiger charge is 2.14. The lowest BCUT2D eigenvalue weighted by Gasteiger charge is -2.21. The molecule has 0 aliphatic heterocycles. The first-order valence-corrected chi connectivity index (χ1v) is 3.33. The number of hydrogen-bond acceptors (Lipinski definition) is 0. The van der Waals surface area contributed by atoms with E-state index in [-0.39, 0.29) is 5.56 Å². The maximum atomic E-state index is 7.60. The molecule has 0 aliphatic carbocycles. The molecule has 0 spiro atoms. The maximum Gasteiger partial charge on any atom is 0.0239 e. The first kappa shape index (κ1) is 2.35. The molecule has 11 heavy (non-hydrogen) atoms. The highest BCUT2D eigenvalue weighted by molar-refractivity contribution is 5.31. The van der Waals surface area contributed by atoms with Gasteiger partial charge in [-0.2, -0.15) is 0 Å². The molecule has 0 aliphatic rings. The Labute approximate surface area is 81.9 Å². The molecule has 1 rings (SSSR count). The summed E-state index contributed by atoms with van der Waals surface area (Å²) in [5.74, 6) is 0. The molecular formula is C11H16. The fraction of sp³-hybridized carbons (Fsp3) is 0.455. The highest BCUT2D eigenvalue weighted by Crippen LogP contribution is 2.24. The molecule has 0 nitrogen and oxygen atoms in total. The van der Waals surface area contributed by atoms with E-state index in [1.807, 2.05) is 0 Å². The first-order chi connectivity index (χ1) is 8.77. The van der Waals surface area contributed by atoms with Crippen LogP contribution in [0.5, 0.6) is 0 Å². The molecule has 0 unspecified atom stereocenters. The van der Waals surface area contributed by atoms with Crippen molar-refractivity contribution in [1.82, 2.24) is 0 Å². The summed E-state index contributed by atoms with van der Waals surface area (Å²) in [6.45, 7) is -8.09. The van der Waals surface area contributed by atoms with E-state index in [0.717, 1.165) is 0 Å². The molecular weight excluding hydrogens is 132 g/mol. The van der Waals surface area contributed by atoms with Gasteiger partial charge >= 0.3 is 0 Å². The first-order valence-electron chi connectivity index (χ1n) is 7.83. The molecule has 0 aromatic heterocycles. The van der Waals surface area contributed by atoms with Gasteiger partial charge in [0.2, 0.25) is 0 Å². The molecule has 0 saturated heterocycles. The third kappa shape index (κ3) is 1.83. The third-order valence-corrected chi connectivity index (χ3v) is 1.55. The molecule has 0 heteroatoms. The van der Waals surface area contributed by atoms with E-state index in [4.69, 9.17) is 12.3 Å². The lowest BCUT2D eigenvalue weighted by Crippen LogP contribution is -2.12. The van der Waals surface area contributed by atoms with Crippen LogP contribution in [0.4, 0.5) is 0 Å². The summed E-state index contributed by atoms with van der Waals surface area (Å²) >= 11 is 0. The Bertz CT molecular complexity index is 442. The topological polar surface area (TPSA) is 0 Å². The quantitative estimate of drug-likeness (QED) is 0.542. The van der Waals surface area contributed by atoms with Crippen LogP contribution in [-0.4, -0.2) is 0 Å². The fourth-order valence-corrected chi connectivity index (χ4v) is 0.994. The summed E-state index contributed by atoms with van der Waals surface area (Å²) < 4.78 is 68.4.